The summed E-state index contributed by atoms with van der Waals surface area (Å²) in [6, 6.07) is 8.80. The standard InChI is InChI=1S/C26H37N3O3/c1-17(2)16-29-23-15-22(27-19-8-6-5-7-9-19)21(24(23)25(30)28(3)26(29)31)14-18-10-12-20(32-4)13-11-18/h10-13,17,19,21-22,27H,5-9,14-16H2,1-4H3. The van der Waals surface area contributed by atoms with Gasteiger partial charge in [0.15, 0.2) is 0 Å². The van der Waals surface area contributed by atoms with Gasteiger partial charge in [-0.2, -0.15) is 0 Å². The molecule has 2 aliphatic carbocycles. The second kappa shape index (κ2) is 9.65. The lowest BCUT2D eigenvalue weighted by molar-refractivity contribution is 0.317. The van der Waals surface area contributed by atoms with Crippen LogP contribution in [0.25, 0.3) is 0 Å². The molecule has 32 heavy (non-hydrogen) atoms. The van der Waals surface area contributed by atoms with Gasteiger partial charge < -0.3 is 10.1 Å². The molecule has 0 spiro atoms. The molecule has 1 N–H and O–H groups in total. The summed E-state index contributed by atoms with van der Waals surface area (Å²) in [4.78, 5) is 26.4. The van der Waals surface area contributed by atoms with Crippen LogP contribution in [0.3, 0.4) is 0 Å². The summed E-state index contributed by atoms with van der Waals surface area (Å²) in [5, 5.41) is 3.92. The molecule has 1 aromatic carbocycles. The fourth-order valence-corrected chi connectivity index (χ4v) is 5.54. The SMILES string of the molecule is COc1ccc(CC2c3c(n(CC(C)C)c(=O)n(C)c3=O)CC2NC2CCCCC2)cc1. The molecule has 4 rings (SSSR count). The van der Waals surface area contributed by atoms with Gasteiger partial charge in [-0.25, -0.2) is 4.79 Å². The zero-order valence-corrected chi connectivity index (χ0v) is 19.9. The van der Waals surface area contributed by atoms with Gasteiger partial charge >= 0.3 is 5.69 Å². The van der Waals surface area contributed by atoms with Crippen molar-refractivity contribution in [1.29, 1.82) is 0 Å². The number of hydrogen-bond acceptors (Lipinski definition) is 4. The van der Waals surface area contributed by atoms with Crippen molar-refractivity contribution in [3.63, 3.8) is 0 Å². The van der Waals surface area contributed by atoms with Crippen LogP contribution >= 0.6 is 0 Å². The van der Waals surface area contributed by atoms with Crippen LogP contribution in [0.1, 0.15) is 68.7 Å². The molecule has 1 fully saturated rings. The van der Waals surface area contributed by atoms with Crippen LogP contribution in [0.5, 0.6) is 5.75 Å². The zero-order chi connectivity index (χ0) is 22.8. The Morgan fingerprint density at radius 2 is 1.78 bits per heavy atom. The topological polar surface area (TPSA) is 65.3 Å². The predicted molar refractivity (Wildman–Crippen MR) is 128 cm³/mol. The third kappa shape index (κ3) is 4.56. The zero-order valence-electron chi connectivity index (χ0n) is 19.9. The number of fused-ring (bicyclic) bond motifs is 1. The minimum Gasteiger partial charge on any atom is -0.497 e. The minimum atomic E-state index is -0.191. The van der Waals surface area contributed by atoms with Crippen molar-refractivity contribution >= 4 is 0 Å². The number of benzene rings is 1. The van der Waals surface area contributed by atoms with Gasteiger partial charge in [0.25, 0.3) is 5.56 Å². The highest BCUT2D eigenvalue weighted by Gasteiger charge is 2.39. The summed E-state index contributed by atoms with van der Waals surface area (Å²) >= 11 is 0. The molecule has 2 unspecified atom stereocenters. The van der Waals surface area contributed by atoms with E-state index in [-0.39, 0.29) is 23.2 Å². The van der Waals surface area contributed by atoms with Crippen LogP contribution in [-0.4, -0.2) is 28.3 Å². The Labute approximate surface area is 190 Å². The van der Waals surface area contributed by atoms with Crippen LogP contribution in [0.4, 0.5) is 0 Å². The Morgan fingerprint density at radius 3 is 2.41 bits per heavy atom. The van der Waals surface area contributed by atoms with Crippen LogP contribution < -0.4 is 21.3 Å². The van der Waals surface area contributed by atoms with Crippen molar-refractivity contribution in [2.75, 3.05) is 7.11 Å². The predicted octanol–water partition coefficient (Wildman–Crippen LogP) is 3.38. The molecule has 2 aliphatic rings. The van der Waals surface area contributed by atoms with Crippen LogP contribution in [0.15, 0.2) is 33.9 Å². The molecule has 0 saturated heterocycles. The first-order valence-corrected chi connectivity index (χ1v) is 12.1. The Kier molecular flexibility index (Phi) is 6.89. The van der Waals surface area contributed by atoms with Crippen molar-refractivity contribution in [2.45, 2.75) is 83.3 Å². The van der Waals surface area contributed by atoms with Crippen LogP contribution in [0, 0.1) is 5.92 Å². The van der Waals surface area contributed by atoms with E-state index in [2.05, 4.69) is 31.3 Å². The van der Waals surface area contributed by atoms with Crippen LogP contribution in [0.2, 0.25) is 0 Å². The van der Waals surface area contributed by atoms with Crippen molar-refractivity contribution in [1.82, 2.24) is 14.5 Å². The van der Waals surface area contributed by atoms with Crippen LogP contribution in [-0.2, 0) is 26.4 Å². The highest BCUT2D eigenvalue weighted by atomic mass is 16.5. The van der Waals surface area contributed by atoms with Gasteiger partial charge in [0.1, 0.15) is 5.75 Å². The molecule has 0 amide bonds. The van der Waals surface area contributed by atoms with E-state index in [0.717, 1.165) is 29.8 Å². The molecular weight excluding hydrogens is 402 g/mol. The number of rotatable bonds is 7. The summed E-state index contributed by atoms with van der Waals surface area (Å²) in [6.45, 7) is 4.87. The second-order valence-corrected chi connectivity index (χ2v) is 9.98. The van der Waals surface area contributed by atoms with Gasteiger partial charge in [-0.15, -0.1) is 0 Å². The Morgan fingerprint density at radius 1 is 1.09 bits per heavy atom. The van der Waals surface area contributed by atoms with E-state index in [1.165, 1.54) is 42.2 Å². The van der Waals surface area contributed by atoms with Crippen molar-refractivity contribution in [2.24, 2.45) is 13.0 Å². The smallest absolute Gasteiger partial charge is 0.330 e. The van der Waals surface area contributed by atoms with E-state index < -0.39 is 0 Å². The molecule has 2 atom stereocenters. The molecule has 6 nitrogen and oxygen atoms in total. The molecular formula is C26H37N3O3. The van der Waals surface area contributed by atoms with Crippen molar-refractivity contribution < 1.29 is 4.74 Å². The molecule has 174 valence electrons. The summed E-state index contributed by atoms with van der Waals surface area (Å²) in [5.74, 6) is 1.22. The molecule has 1 heterocycles. The maximum atomic E-state index is 13.4. The van der Waals surface area contributed by atoms with E-state index in [1.54, 1.807) is 14.2 Å². The van der Waals surface area contributed by atoms with E-state index in [4.69, 9.17) is 4.74 Å². The highest BCUT2D eigenvalue weighted by molar-refractivity contribution is 5.36. The first-order valence-electron chi connectivity index (χ1n) is 12.1. The summed E-state index contributed by atoms with van der Waals surface area (Å²) < 4.78 is 8.49. The van der Waals surface area contributed by atoms with Crippen molar-refractivity contribution in [3.05, 3.63) is 61.9 Å². The summed E-state index contributed by atoms with van der Waals surface area (Å²) in [6.07, 6.45) is 7.74. The Bertz CT molecular complexity index is 1050. The monoisotopic (exact) mass is 439 g/mol. The average Bonchev–Trinajstić information content (AvgIpc) is 3.14. The maximum absolute atomic E-state index is 13.4. The third-order valence-electron chi connectivity index (χ3n) is 7.18. The van der Waals surface area contributed by atoms with E-state index in [9.17, 15) is 9.59 Å². The Hall–Kier alpha value is -2.34. The van der Waals surface area contributed by atoms with Gasteiger partial charge in [-0.3, -0.25) is 13.9 Å². The minimum absolute atomic E-state index is 0.0537. The lowest BCUT2D eigenvalue weighted by Gasteiger charge is -2.29. The van der Waals surface area contributed by atoms with E-state index >= 15 is 0 Å². The van der Waals surface area contributed by atoms with E-state index in [1.807, 2.05) is 16.7 Å². The summed E-state index contributed by atoms with van der Waals surface area (Å²) in [7, 11) is 3.29. The summed E-state index contributed by atoms with van der Waals surface area (Å²) in [5.41, 5.74) is 2.64. The van der Waals surface area contributed by atoms with Crippen molar-refractivity contribution in [3.8, 4) is 5.75 Å². The van der Waals surface area contributed by atoms with Gasteiger partial charge in [0, 0.05) is 49.3 Å². The number of ether oxygens (including phenoxy) is 1. The molecule has 0 radical (unpaired) electrons. The molecule has 0 aliphatic heterocycles. The van der Waals surface area contributed by atoms with Gasteiger partial charge in [-0.1, -0.05) is 45.2 Å². The Balaban J connectivity index is 1.74. The van der Waals surface area contributed by atoms with Gasteiger partial charge in [-0.05, 0) is 42.9 Å². The third-order valence-corrected chi connectivity index (χ3v) is 7.18. The molecule has 2 aromatic rings. The van der Waals surface area contributed by atoms with E-state index in [0.29, 0.717) is 18.5 Å². The lowest BCUT2D eigenvalue weighted by Crippen LogP contribution is -2.43. The normalized spacial score (nSPS) is 21.2. The average molecular weight is 440 g/mol. The lowest BCUT2D eigenvalue weighted by atomic mass is 9.89. The molecule has 1 aromatic heterocycles. The number of nitrogens with one attached hydrogen (secondary N) is 1. The fraction of sp³-hybridized carbons (Fsp3) is 0.615. The molecule has 1 saturated carbocycles. The number of hydrogen-bond donors (Lipinski definition) is 1. The quantitative estimate of drug-likeness (QED) is 0.718. The maximum Gasteiger partial charge on any atom is 0.330 e. The first-order chi connectivity index (χ1) is 15.4. The second-order valence-electron chi connectivity index (χ2n) is 9.98. The fourth-order valence-electron chi connectivity index (χ4n) is 5.54. The first kappa shape index (κ1) is 22.8. The number of methoxy groups -OCH3 is 1. The highest BCUT2D eigenvalue weighted by Crippen LogP contribution is 2.35. The van der Waals surface area contributed by atoms with Gasteiger partial charge in [0.05, 0.1) is 7.11 Å². The molecule has 6 heteroatoms. The van der Waals surface area contributed by atoms with Gasteiger partial charge in [0.2, 0.25) is 0 Å². The largest absolute Gasteiger partial charge is 0.497 e. The number of nitrogens with zero attached hydrogens (tertiary/aromatic N) is 2. The number of aromatic nitrogens is 2. The molecule has 0 bridgehead atoms.